The highest BCUT2D eigenvalue weighted by Crippen LogP contribution is 2.30. The van der Waals surface area contributed by atoms with Crippen LogP contribution in [0.3, 0.4) is 0 Å². The van der Waals surface area contributed by atoms with Gasteiger partial charge >= 0.3 is 0 Å². The molecule has 1 aliphatic rings. The van der Waals surface area contributed by atoms with Gasteiger partial charge in [-0.05, 0) is 42.6 Å². The molecule has 1 fully saturated rings. The summed E-state index contributed by atoms with van der Waals surface area (Å²) in [7, 11) is 0. The zero-order chi connectivity index (χ0) is 13.8. The SMILES string of the molecule is Clc1cc(-c2ccccc2)ccc1OC[C@@H]1CCCN1. The molecule has 3 rings (SSSR count). The van der Waals surface area contributed by atoms with Crippen molar-refractivity contribution in [3.8, 4) is 16.9 Å². The first-order valence-corrected chi connectivity index (χ1v) is 7.42. The molecule has 0 aromatic heterocycles. The Bertz CT molecular complexity index is 564. The minimum atomic E-state index is 0.458. The minimum Gasteiger partial charge on any atom is -0.490 e. The van der Waals surface area contributed by atoms with Gasteiger partial charge in [-0.25, -0.2) is 0 Å². The van der Waals surface area contributed by atoms with Crippen LogP contribution in [0.25, 0.3) is 11.1 Å². The quantitative estimate of drug-likeness (QED) is 0.912. The van der Waals surface area contributed by atoms with Crippen LogP contribution in [-0.2, 0) is 0 Å². The van der Waals surface area contributed by atoms with Gasteiger partial charge in [-0.15, -0.1) is 0 Å². The molecular weight excluding hydrogens is 270 g/mol. The summed E-state index contributed by atoms with van der Waals surface area (Å²) in [6.07, 6.45) is 2.41. The summed E-state index contributed by atoms with van der Waals surface area (Å²) in [4.78, 5) is 0. The number of rotatable bonds is 4. The lowest BCUT2D eigenvalue weighted by atomic mass is 10.1. The van der Waals surface area contributed by atoms with Crippen molar-refractivity contribution in [2.24, 2.45) is 0 Å². The van der Waals surface area contributed by atoms with Crippen LogP contribution in [0.4, 0.5) is 0 Å². The maximum Gasteiger partial charge on any atom is 0.138 e. The van der Waals surface area contributed by atoms with Gasteiger partial charge in [0.05, 0.1) is 5.02 Å². The molecule has 1 atom stereocenters. The molecule has 0 aliphatic carbocycles. The molecular formula is C17H18ClNO. The van der Waals surface area contributed by atoms with E-state index in [0.717, 1.165) is 17.9 Å². The van der Waals surface area contributed by atoms with Gasteiger partial charge in [0.1, 0.15) is 12.4 Å². The molecule has 20 heavy (non-hydrogen) atoms. The molecule has 0 amide bonds. The molecule has 2 nitrogen and oxygen atoms in total. The lowest BCUT2D eigenvalue weighted by molar-refractivity contribution is 0.277. The van der Waals surface area contributed by atoms with E-state index in [1.807, 2.05) is 30.3 Å². The first kappa shape index (κ1) is 13.5. The molecule has 0 bridgehead atoms. The van der Waals surface area contributed by atoms with E-state index >= 15 is 0 Å². The summed E-state index contributed by atoms with van der Waals surface area (Å²) in [5, 5.41) is 4.09. The van der Waals surface area contributed by atoms with Crippen molar-refractivity contribution in [3.63, 3.8) is 0 Å². The average molecular weight is 288 g/mol. The van der Waals surface area contributed by atoms with E-state index < -0.39 is 0 Å². The molecule has 1 aliphatic heterocycles. The van der Waals surface area contributed by atoms with Gasteiger partial charge in [-0.1, -0.05) is 48.0 Å². The molecule has 3 heteroatoms. The van der Waals surface area contributed by atoms with Gasteiger partial charge in [0, 0.05) is 6.04 Å². The fourth-order valence-corrected chi connectivity index (χ4v) is 2.75. The second kappa shape index (κ2) is 6.29. The molecule has 2 aromatic carbocycles. The molecule has 104 valence electrons. The Hall–Kier alpha value is -1.51. The topological polar surface area (TPSA) is 21.3 Å². The average Bonchev–Trinajstić information content (AvgIpc) is 3.00. The van der Waals surface area contributed by atoms with E-state index in [0.29, 0.717) is 17.7 Å². The molecule has 1 N–H and O–H groups in total. The predicted octanol–water partition coefficient (Wildman–Crippen LogP) is 4.14. The van der Waals surface area contributed by atoms with Crippen LogP contribution < -0.4 is 10.1 Å². The largest absolute Gasteiger partial charge is 0.490 e. The van der Waals surface area contributed by atoms with Crippen molar-refractivity contribution in [2.45, 2.75) is 18.9 Å². The monoisotopic (exact) mass is 287 g/mol. The van der Waals surface area contributed by atoms with Crippen LogP contribution in [0.15, 0.2) is 48.5 Å². The summed E-state index contributed by atoms with van der Waals surface area (Å²) in [6.45, 7) is 1.78. The van der Waals surface area contributed by atoms with E-state index in [4.69, 9.17) is 16.3 Å². The van der Waals surface area contributed by atoms with Gasteiger partial charge in [0.25, 0.3) is 0 Å². The fraction of sp³-hybridized carbons (Fsp3) is 0.294. The number of nitrogens with one attached hydrogen (secondary N) is 1. The summed E-state index contributed by atoms with van der Waals surface area (Å²) < 4.78 is 5.82. The molecule has 0 spiro atoms. The summed E-state index contributed by atoms with van der Waals surface area (Å²) in [5.74, 6) is 0.764. The Balaban J connectivity index is 1.71. The van der Waals surface area contributed by atoms with Crippen molar-refractivity contribution in [1.82, 2.24) is 5.32 Å². The van der Waals surface area contributed by atoms with E-state index in [1.165, 1.54) is 18.4 Å². The first-order chi connectivity index (χ1) is 9.83. The van der Waals surface area contributed by atoms with E-state index in [2.05, 4.69) is 23.5 Å². The van der Waals surface area contributed by atoms with Crippen LogP contribution in [0, 0.1) is 0 Å². The van der Waals surface area contributed by atoms with E-state index in [-0.39, 0.29) is 0 Å². The number of hydrogen-bond donors (Lipinski definition) is 1. The van der Waals surface area contributed by atoms with Gasteiger partial charge in [-0.3, -0.25) is 0 Å². The van der Waals surface area contributed by atoms with Crippen molar-refractivity contribution in [1.29, 1.82) is 0 Å². The highest BCUT2D eigenvalue weighted by atomic mass is 35.5. The van der Waals surface area contributed by atoms with Gasteiger partial charge in [0.2, 0.25) is 0 Å². The maximum absolute atomic E-state index is 6.32. The Morgan fingerprint density at radius 2 is 1.95 bits per heavy atom. The second-order valence-corrected chi connectivity index (χ2v) is 5.52. The van der Waals surface area contributed by atoms with Crippen molar-refractivity contribution in [2.75, 3.05) is 13.2 Å². The molecule has 0 unspecified atom stereocenters. The minimum absolute atomic E-state index is 0.458. The van der Waals surface area contributed by atoms with Crippen LogP contribution in [-0.4, -0.2) is 19.2 Å². The Labute approximate surface area is 124 Å². The molecule has 2 aromatic rings. The highest BCUT2D eigenvalue weighted by molar-refractivity contribution is 6.32. The van der Waals surface area contributed by atoms with Crippen LogP contribution in [0.2, 0.25) is 5.02 Å². The third-order valence-electron chi connectivity index (χ3n) is 3.64. The third kappa shape index (κ3) is 3.14. The fourth-order valence-electron chi connectivity index (χ4n) is 2.52. The zero-order valence-electron chi connectivity index (χ0n) is 11.3. The third-order valence-corrected chi connectivity index (χ3v) is 3.94. The molecule has 0 radical (unpaired) electrons. The van der Waals surface area contributed by atoms with Crippen molar-refractivity contribution in [3.05, 3.63) is 53.6 Å². The van der Waals surface area contributed by atoms with Crippen LogP contribution >= 0.6 is 11.6 Å². The number of ether oxygens (including phenoxy) is 1. The standard InChI is InChI=1S/C17H18ClNO/c18-16-11-14(13-5-2-1-3-6-13)8-9-17(16)20-12-15-7-4-10-19-15/h1-3,5-6,8-9,11,15,19H,4,7,10,12H2/t15-/m0/s1. The molecule has 0 saturated carbocycles. The normalized spacial score (nSPS) is 18.1. The van der Waals surface area contributed by atoms with Gasteiger partial charge in [0.15, 0.2) is 0 Å². The number of hydrogen-bond acceptors (Lipinski definition) is 2. The van der Waals surface area contributed by atoms with Crippen LogP contribution in [0.5, 0.6) is 5.75 Å². The lowest BCUT2D eigenvalue weighted by Gasteiger charge is -2.14. The predicted molar refractivity (Wildman–Crippen MR) is 83.4 cm³/mol. The molecule has 1 heterocycles. The highest BCUT2D eigenvalue weighted by Gasteiger charge is 2.15. The maximum atomic E-state index is 6.32. The summed E-state index contributed by atoms with van der Waals surface area (Å²) in [6, 6.07) is 16.7. The van der Waals surface area contributed by atoms with Crippen molar-refractivity contribution >= 4 is 11.6 Å². The smallest absolute Gasteiger partial charge is 0.138 e. The summed E-state index contributed by atoms with van der Waals surface area (Å²) >= 11 is 6.32. The van der Waals surface area contributed by atoms with E-state index in [1.54, 1.807) is 0 Å². The number of halogens is 1. The first-order valence-electron chi connectivity index (χ1n) is 7.04. The summed E-state index contributed by atoms with van der Waals surface area (Å²) in [5.41, 5.74) is 2.28. The zero-order valence-corrected chi connectivity index (χ0v) is 12.1. The Morgan fingerprint density at radius 3 is 2.65 bits per heavy atom. The van der Waals surface area contributed by atoms with E-state index in [9.17, 15) is 0 Å². The lowest BCUT2D eigenvalue weighted by Crippen LogP contribution is -2.28. The van der Waals surface area contributed by atoms with Gasteiger partial charge < -0.3 is 10.1 Å². The van der Waals surface area contributed by atoms with Gasteiger partial charge in [-0.2, -0.15) is 0 Å². The number of benzene rings is 2. The van der Waals surface area contributed by atoms with Crippen LogP contribution in [0.1, 0.15) is 12.8 Å². The second-order valence-electron chi connectivity index (χ2n) is 5.12. The van der Waals surface area contributed by atoms with Crippen molar-refractivity contribution < 1.29 is 4.74 Å². The Kier molecular flexibility index (Phi) is 4.24. The Morgan fingerprint density at radius 1 is 1.10 bits per heavy atom. The molecule has 1 saturated heterocycles.